The lowest BCUT2D eigenvalue weighted by Gasteiger charge is -2.15. The fourth-order valence-electron chi connectivity index (χ4n) is 1.90. The Labute approximate surface area is 128 Å². The number of nitrogens with one attached hydrogen (secondary N) is 2. The van der Waals surface area contributed by atoms with Gasteiger partial charge in [-0.05, 0) is 44.2 Å². The number of carbonyl (C=O) groups excluding carboxylic acids is 1. The molecule has 0 atom stereocenters. The van der Waals surface area contributed by atoms with Crippen molar-refractivity contribution in [3.8, 4) is 0 Å². The van der Waals surface area contributed by atoms with E-state index in [0.29, 0.717) is 11.3 Å². The molecule has 2 N–H and O–H groups in total. The molecule has 110 valence electrons. The van der Waals surface area contributed by atoms with E-state index in [0.717, 1.165) is 11.8 Å². The molecule has 0 bridgehead atoms. The molecular formula is C16H16ClFN2O. The van der Waals surface area contributed by atoms with Gasteiger partial charge in [0.2, 0.25) is 0 Å². The molecule has 0 aliphatic rings. The first-order valence-electron chi connectivity index (χ1n) is 6.59. The molecule has 0 spiro atoms. The summed E-state index contributed by atoms with van der Waals surface area (Å²) in [4.78, 5) is 12.4. The summed E-state index contributed by atoms with van der Waals surface area (Å²) in [5, 5.41) is 6.06. The Morgan fingerprint density at radius 2 is 1.86 bits per heavy atom. The van der Waals surface area contributed by atoms with E-state index < -0.39 is 5.82 Å². The van der Waals surface area contributed by atoms with Gasteiger partial charge < -0.3 is 10.6 Å². The summed E-state index contributed by atoms with van der Waals surface area (Å²) in [6, 6.07) is 11.2. The molecule has 3 nitrogen and oxygen atoms in total. The van der Waals surface area contributed by atoms with Gasteiger partial charge >= 0.3 is 0 Å². The molecule has 0 heterocycles. The summed E-state index contributed by atoms with van der Waals surface area (Å²) in [6.07, 6.45) is 0. The van der Waals surface area contributed by atoms with Crippen LogP contribution in [0.4, 0.5) is 15.8 Å². The van der Waals surface area contributed by atoms with Crippen molar-refractivity contribution in [1.29, 1.82) is 0 Å². The molecule has 0 aliphatic heterocycles. The molecule has 0 aromatic heterocycles. The van der Waals surface area contributed by atoms with Crippen LogP contribution in [-0.4, -0.2) is 11.9 Å². The highest BCUT2D eigenvalue weighted by molar-refractivity contribution is 6.34. The molecule has 2 aromatic carbocycles. The maximum Gasteiger partial charge on any atom is 0.257 e. The van der Waals surface area contributed by atoms with Crippen molar-refractivity contribution in [2.75, 3.05) is 10.6 Å². The number of para-hydroxylation sites is 1. The van der Waals surface area contributed by atoms with E-state index in [4.69, 9.17) is 11.6 Å². The highest BCUT2D eigenvalue weighted by Crippen LogP contribution is 2.24. The van der Waals surface area contributed by atoms with Crippen molar-refractivity contribution in [1.82, 2.24) is 0 Å². The number of hydrogen-bond donors (Lipinski definition) is 2. The topological polar surface area (TPSA) is 41.1 Å². The van der Waals surface area contributed by atoms with Gasteiger partial charge in [0.15, 0.2) is 0 Å². The van der Waals surface area contributed by atoms with Gasteiger partial charge in [0.25, 0.3) is 5.91 Å². The summed E-state index contributed by atoms with van der Waals surface area (Å²) in [6.45, 7) is 3.98. The number of benzene rings is 2. The fraction of sp³-hybridized carbons (Fsp3) is 0.188. The summed E-state index contributed by atoms with van der Waals surface area (Å²) in [7, 11) is 0. The number of hydrogen-bond acceptors (Lipinski definition) is 2. The van der Waals surface area contributed by atoms with E-state index in [9.17, 15) is 9.18 Å². The lowest BCUT2D eigenvalue weighted by Crippen LogP contribution is -2.17. The zero-order chi connectivity index (χ0) is 15.4. The second-order valence-electron chi connectivity index (χ2n) is 4.92. The number of carbonyl (C=O) groups is 1. The molecule has 5 heteroatoms. The molecule has 0 aliphatic carbocycles. The van der Waals surface area contributed by atoms with Crippen LogP contribution in [0.15, 0.2) is 42.5 Å². The fourth-order valence-corrected chi connectivity index (χ4v) is 2.11. The second-order valence-corrected chi connectivity index (χ2v) is 5.33. The van der Waals surface area contributed by atoms with Gasteiger partial charge in [-0.1, -0.05) is 23.7 Å². The highest BCUT2D eigenvalue weighted by Gasteiger charge is 2.13. The van der Waals surface area contributed by atoms with Gasteiger partial charge in [-0.3, -0.25) is 4.79 Å². The van der Waals surface area contributed by atoms with Gasteiger partial charge in [-0.2, -0.15) is 0 Å². The van der Waals surface area contributed by atoms with Crippen LogP contribution in [0.3, 0.4) is 0 Å². The first kappa shape index (κ1) is 15.3. The third-order valence-corrected chi connectivity index (χ3v) is 3.11. The minimum absolute atomic E-state index is 0.164. The van der Waals surface area contributed by atoms with Gasteiger partial charge in [0, 0.05) is 11.7 Å². The molecule has 0 saturated carbocycles. The van der Waals surface area contributed by atoms with Crippen molar-refractivity contribution >= 4 is 28.9 Å². The Bertz CT molecular complexity index is 658. The molecule has 0 unspecified atom stereocenters. The molecule has 2 aromatic rings. The third-order valence-electron chi connectivity index (χ3n) is 2.80. The maximum atomic E-state index is 13.0. The van der Waals surface area contributed by atoms with Crippen LogP contribution >= 0.6 is 11.6 Å². The van der Waals surface area contributed by atoms with Crippen LogP contribution in [0.5, 0.6) is 0 Å². The quantitative estimate of drug-likeness (QED) is 0.870. The van der Waals surface area contributed by atoms with Crippen LogP contribution in [0.1, 0.15) is 24.2 Å². The summed E-state index contributed by atoms with van der Waals surface area (Å²) >= 11 is 5.91. The number of halogens is 2. The van der Waals surface area contributed by atoms with Gasteiger partial charge in [-0.15, -0.1) is 0 Å². The van der Waals surface area contributed by atoms with E-state index in [1.54, 1.807) is 12.1 Å². The van der Waals surface area contributed by atoms with Gasteiger partial charge in [-0.25, -0.2) is 4.39 Å². The van der Waals surface area contributed by atoms with E-state index in [1.165, 1.54) is 12.1 Å². The summed E-state index contributed by atoms with van der Waals surface area (Å²) < 4.78 is 13.0. The predicted molar refractivity (Wildman–Crippen MR) is 84.6 cm³/mol. The first-order valence-corrected chi connectivity index (χ1v) is 6.97. The predicted octanol–water partition coefficient (Wildman–Crippen LogP) is 4.55. The SMILES string of the molecule is CC(C)Nc1ccccc1C(=O)Nc1ccc(F)cc1Cl. The van der Waals surface area contributed by atoms with Gasteiger partial charge in [0.05, 0.1) is 16.3 Å². The van der Waals surface area contributed by atoms with Crippen LogP contribution in [0.2, 0.25) is 5.02 Å². The lowest BCUT2D eigenvalue weighted by molar-refractivity contribution is 0.102. The first-order chi connectivity index (χ1) is 9.97. The average molecular weight is 307 g/mol. The van der Waals surface area contributed by atoms with Crippen LogP contribution in [-0.2, 0) is 0 Å². The van der Waals surface area contributed by atoms with Crippen molar-refractivity contribution in [2.24, 2.45) is 0 Å². The smallest absolute Gasteiger partial charge is 0.257 e. The minimum Gasteiger partial charge on any atom is -0.382 e. The van der Waals surface area contributed by atoms with Crippen molar-refractivity contribution < 1.29 is 9.18 Å². The second kappa shape index (κ2) is 6.59. The molecule has 2 rings (SSSR count). The number of rotatable bonds is 4. The van der Waals surface area contributed by atoms with Crippen molar-refractivity contribution in [2.45, 2.75) is 19.9 Å². The standard InChI is InChI=1S/C16H16ClFN2O/c1-10(2)19-14-6-4-3-5-12(14)16(21)20-15-8-7-11(18)9-13(15)17/h3-10,19H,1-2H3,(H,20,21). The van der Waals surface area contributed by atoms with E-state index in [-0.39, 0.29) is 17.0 Å². The molecule has 0 radical (unpaired) electrons. The minimum atomic E-state index is -0.445. The van der Waals surface area contributed by atoms with Crippen molar-refractivity contribution in [3.63, 3.8) is 0 Å². The average Bonchev–Trinajstić information content (AvgIpc) is 2.42. The number of anilines is 2. The Morgan fingerprint density at radius 1 is 1.14 bits per heavy atom. The van der Waals surface area contributed by atoms with Crippen LogP contribution in [0, 0.1) is 5.82 Å². The maximum absolute atomic E-state index is 13.0. The zero-order valence-electron chi connectivity index (χ0n) is 11.8. The molecule has 21 heavy (non-hydrogen) atoms. The monoisotopic (exact) mass is 306 g/mol. The van der Waals surface area contributed by atoms with Crippen LogP contribution < -0.4 is 10.6 Å². The Balaban J connectivity index is 2.24. The lowest BCUT2D eigenvalue weighted by atomic mass is 10.1. The Hall–Kier alpha value is -2.07. The summed E-state index contributed by atoms with van der Waals surface area (Å²) in [5.74, 6) is -0.743. The molecule has 1 amide bonds. The number of amides is 1. The molecule has 0 saturated heterocycles. The summed E-state index contributed by atoms with van der Waals surface area (Å²) in [5.41, 5.74) is 1.62. The Kier molecular flexibility index (Phi) is 4.81. The largest absolute Gasteiger partial charge is 0.382 e. The van der Waals surface area contributed by atoms with E-state index in [1.807, 2.05) is 26.0 Å². The zero-order valence-corrected chi connectivity index (χ0v) is 12.5. The van der Waals surface area contributed by atoms with Crippen molar-refractivity contribution in [3.05, 3.63) is 58.9 Å². The highest BCUT2D eigenvalue weighted by atomic mass is 35.5. The van der Waals surface area contributed by atoms with Crippen LogP contribution in [0.25, 0.3) is 0 Å². The molecule has 0 fully saturated rings. The van der Waals surface area contributed by atoms with Gasteiger partial charge in [0.1, 0.15) is 5.82 Å². The van der Waals surface area contributed by atoms with E-state index in [2.05, 4.69) is 10.6 Å². The molecular weight excluding hydrogens is 291 g/mol. The van der Waals surface area contributed by atoms with E-state index >= 15 is 0 Å². The third kappa shape index (κ3) is 3.95. The Morgan fingerprint density at radius 3 is 2.52 bits per heavy atom. The normalized spacial score (nSPS) is 10.5.